The van der Waals surface area contributed by atoms with Gasteiger partial charge in [0.05, 0.1) is 12.2 Å². The Morgan fingerprint density at radius 3 is 2.53 bits per heavy atom. The van der Waals surface area contributed by atoms with Crippen LogP contribution in [0, 0.1) is 0 Å². The lowest BCUT2D eigenvalue weighted by molar-refractivity contribution is -0.137. The third kappa shape index (κ3) is 5.36. The predicted octanol–water partition coefficient (Wildman–Crippen LogP) is 4.10. The second kappa shape index (κ2) is 7.21. The van der Waals surface area contributed by atoms with E-state index >= 15 is 0 Å². The fraction of sp³-hybridized carbons (Fsp3) is 0.615. The molecular weight excluding hydrogens is 257 g/mol. The lowest BCUT2D eigenvalue weighted by Crippen LogP contribution is -2.10. The van der Waals surface area contributed by atoms with Crippen molar-refractivity contribution >= 4 is 5.82 Å². The van der Waals surface area contributed by atoms with Crippen molar-refractivity contribution in [2.24, 2.45) is 0 Å². The maximum Gasteiger partial charge on any atom is 0.416 e. The van der Waals surface area contributed by atoms with Crippen LogP contribution in [-0.4, -0.2) is 18.1 Å². The summed E-state index contributed by atoms with van der Waals surface area (Å²) in [4.78, 5) is 4.02. The highest BCUT2D eigenvalue weighted by Crippen LogP contribution is 2.32. The number of alkyl halides is 3. The van der Waals surface area contributed by atoms with Gasteiger partial charge in [0.25, 0.3) is 0 Å². The third-order valence-electron chi connectivity index (χ3n) is 2.43. The predicted molar refractivity (Wildman–Crippen MR) is 68.4 cm³/mol. The molecule has 0 aliphatic heterocycles. The minimum atomic E-state index is -4.39. The van der Waals surface area contributed by atoms with Crippen molar-refractivity contribution in [3.63, 3.8) is 0 Å². The van der Waals surface area contributed by atoms with Gasteiger partial charge in [-0.05, 0) is 18.9 Å². The number of halogens is 3. The molecule has 1 heterocycles. The maximum absolute atomic E-state index is 12.7. The summed E-state index contributed by atoms with van der Waals surface area (Å²) < 4.78 is 43.5. The van der Waals surface area contributed by atoms with Crippen molar-refractivity contribution in [3.8, 4) is 5.88 Å². The summed E-state index contributed by atoms with van der Waals surface area (Å²) in [5, 5.41) is 2.85. The number of anilines is 1. The number of nitrogens with one attached hydrogen (secondary N) is 1. The van der Waals surface area contributed by atoms with E-state index in [2.05, 4.69) is 10.3 Å². The van der Waals surface area contributed by atoms with Gasteiger partial charge < -0.3 is 10.1 Å². The average molecular weight is 276 g/mol. The molecule has 3 nitrogen and oxygen atoms in total. The molecule has 19 heavy (non-hydrogen) atoms. The number of rotatable bonds is 7. The van der Waals surface area contributed by atoms with E-state index in [1.165, 1.54) is 0 Å². The molecule has 6 heteroatoms. The van der Waals surface area contributed by atoms with Gasteiger partial charge in [-0.15, -0.1) is 0 Å². The zero-order valence-electron chi connectivity index (χ0n) is 11.2. The fourth-order valence-electron chi connectivity index (χ4n) is 1.41. The van der Waals surface area contributed by atoms with Gasteiger partial charge in [-0.3, -0.25) is 0 Å². The summed E-state index contributed by atoms with van der Waals surface area (Å²) in [6.07, 6.45) is -1.88. The molecule has 0 fully saturated rings. The first kappa shape index (κ1) is 15.6. The highest BCUT2D eigenvalue weighted by molar-refractivity contribution is 5.42. The highest BCUT2D eigenvalue weighted by Gasteiger charge is 2.31. The Bertz CT molecular complexity index is 394. The fourth-order valence-corrected chi connectivity index (χ4v) is 1.41. The van der Waals surface area contributed by atoms with E-state index in [0.717, 1.165) is 31.4 Å². The normalized spacial score (nSPS) is 11.4. The van der Waals surface area contributed by atoms with E-state index in [-0.39, 0.29) is 11.7 Å². The first-order valence-corrected chi connectivity index (χ1v) is 6.43. The summed E-state index contributed by atoms with van der Waals surface area (Å²) in [6, 6.07) is 1.94. The number of nitrogens with zero attached hydrogens (tertiary/aromatic N) is 1. The SMILES string of the molecule is CCCCOc1cc(C(F)(F)F)cc(NCCC)n1. The highest BCUT2D eigenvalue weighted by atomic mass is 19.4. The van der Waals surface area contributed by atoms with Crippen LogP contribution in [0.4, 0.5) is 19.0 Å². The van der Waals surface area contributed by atoms with Crippen LogP contribution in [0.1, 0.15) is 38.7 Å². The van der Waals surface area contributed by atoms with Gasteiger partial charge >= 0.3 is 6.18 Å². The molecule has 0 aromatic carbocycles. The monoisotopic (exact) mass is 276 g/mol. The van der Waals surface area contributed by atoms with E-state index in [1.807, 2.05) is 13.8 Å². The standard InChI is InChI=1S/C13H19F3N2O/c1-3-5-7-19-12-9-10(13(14,15)16)8-11(18-12)17-6-4-2/h8-9H,3-7H2,1-2H3,(H,17,18). The molecule has 0 saturated carbocycles. The summed E-state index contributed by atoms with van der Waals surface area (Å²) in [7, 11) is 0. The van der Waals surface area contributed by atoms with Crippen molar-refractivity contribution in [3.05, 3.63) is 17.7 Å². The lowest BCUT2D eigenvalue weighted by atomic mass is 10.2. The van der Waals surface area contributed by atoms with Gasteiger partial charge in [-0.25, -0.2) is 0 Å². The number of pyridine rings is 1. The first-order chi connectivity index (χ1) is 8.97. The topological polar surface area (TPSA) is 34.1 Å². The molecule has 1 N–H and O–H groups in total. The van der Waals surface area contributed by atoms with Crippen LogP contribution < -0.4 is 10.1 Å². The number of aromatic nitrogens is 1. The van der Waals surface area contributed by atoms with Gasteiger partial charge in [-0.1, -0.05) is 20.3 Å². The molecule has 0 amide bonds. The van der Waals surface area contributed by atoms with Gasteiger partial charge in [-0.2, -0.15) is 18.2 Å². The van der Waals surface area contributed by atoms with Crippen molar-refractivity contribution in [2.45, 2.75) is 39.3 Å². The Hall–Kier alpha value is -1.46. The largest absolute Gasteiger partial charge is 0.478 e. The van der Waals surface area contributed by atoms with E-state index in [9.17, 15) is 13.2 Å². The van der Waals surface area contributed by atoms with E-state index in [4.69, 9.17) is 4.74 Å². The molecule has 0 radical (unpaired) electrons. The molecular formula is C13H19F3N2O. The second-order valence-electron chi connectivity index (χ2n) is 4.21. The van der Waals surface area contributed by atoms with Crippen LogP contribution in [0.5, 0.6) is 5.88 Å². The molecule has 1 aromatic rings. The Balaban J connectivity index is 2.89. The zero-order chi connectivity index (χ0) is 14.3. The molecule has 0 atom stereocenters. The summed E-state index contributed by atoms with van der Waals surface area (Å²) in [5.41, 5.74) is -0.743. The van der Waals surface area contributed by atoms with Crippen LogP contribution in [0.25, 0.3) is 0 Å². The second-order valence-corrected chi connectivity index (χ2v) is 4.21. The smallest absolute Gasteiger partial charge is 0.416 e. The van der Waals surface area contributed by atoms with Crippen LogP contribution in [0.3, 0.4) is 0 Å². The third-order valence-corrected chi connectivity index (χ3v) is 2.43. The van der Waals surface area contributed by atoms with Crippen molar-refractivity contribution in [2.75, 3.05) is 18.5 Å². The van der Waals surface area contributed by atoms with Crippen molar-refractivity contribution < 1.29 is 17.9 Å². The summed E-state index contributed by atoms with van der Waals surface area (Å²) >= 11 is 0. The minimum absolute atomic E-state index is 0.0156. The zero-order valence-corrected chi connectivity index (χ0v) is 11.2. The van der Waals surface area contributed by atoms with Crippen LogP contribution in [0.15, 0.2) is 12.1 Å². The molecule has 1 rings (SSSR count). The average Bonchev–Trinajstić information content (AvgIpc) is 2.35. The van der Waals surface area contributed by atoms with Crippen LogP contribution in [-0.2, 0) is 6.18 Å². The maximum atomic E-state index is 12.7. The lowest BCUT2D eigenvalue weighted by Gasteiger charge is -2.13. The van der Waals surface area contributed by atoms with Gasteiger partial charge in [0.2, 0.25) is 5.88 Å². The van der Waals surface area contributed by atoms with Gasteiger partial charge in [0.15, 0.2) is 0 Å². The Labute approximate surface area is 111 Å². The Morgan fingerprint density at radius 1 is 1.21 bits per heavy atom. The number of hydrogen-bond acceptors (Lipinski definition) is 3. The Kier molecular flexibility index (Phi) is 5.92. The van der Waals surface area contributed by atoms with Crippen molar-refractivity contribution in [1.29, 1.82) is 0 Å². The number of unbranched alkanes of at least 4 members (excludes halogenated alkanes) is 1. The van der Waals surface area contributed by atoms with E-state index in [1.54, 1.807) is 0 Å². The molecule has 0 saturated heterocycles. The first-order valence-electron chi connectivity index (χ1n) is 6.43. The Morgan fingerprint density at radius 2 is 1.95 bits per heavy atom. The minimum Gasteiger partial charge on any atom is -0.478 e. The van der Waals surface area contributed by atoms with E-state index < -0.39 is 11.7 Å². The number of ether oxygens (including phenoxy) is 1. The van der Waals surface area contributed by atoms with E-state index in [0.29, 0.717) is 13.2 Å². The molecule has 108 valence electrons. The molecule has 0 bridgehead atoms. The molecule has 0 aliphatic carbocycles. The van der Waals surface area contributed by atoms with Crippen LogP contribution >= 0.6 is 0 Å². The van der Waals surface area contributed by atoms with Gasteiger partial charge in [0.1, 0.15) is 5.82 Å². The molecule has 1 aromatic heterocycles. The number of hydrogen-bond donors (Lipinski definition) is 1. The summed E-state index contributed by atoms with van der Waals surface area (Å²) in [6.45, 7) is 4.86. The molecule has 0 spiro atoms. The van der Waals surface area contributed by atoms with Gasteiger partial charge in [0, 0.05) is 12.6 Å². The van der Waals surface area contributed by atoms with Crippen LogP contribution in [0.2, 0.25) is 0 Å². The van der Waals surface area contributed by atoms with Crippen molar-refractivity contribution in [1.82, 2.24) is 4.98 Å². The summed E-state index contributed by atoms with van der Waals surface area (Å²) in [5.74, 6) is 0.213. The quantitative estimate of drug-likeness (QED) is 0.761. The molecule has 0 unspecified atom stereocenters. The molecule has 0 aliphatic rings.